The van der Waals surface area contributed by atoms with Crippen molar-refractivity contribution < 1.29 is 19.4 Å². The van der Waals surface area contributed by atoms with E-state index in [0.717, 1.165) is 11.1 Å². The van der Waals surface area contributed by atoms with Gasteiger partial charge in [0.15, 0.2) is 0 Å². The summed E-state index contributed by atoms with van der Waals surface area (Å²) >= 11 is 0. The third-order valence-electron chi connectivity index (χ3n) is 4.32. The highest BCUT2D eigenvalue weighted by molar-refractivity contribution is 6.06. The number of amides is 1. The zero-order valence-corrected chi connectivity index (χ0v) is 12.7. The van der Waals surface area contributed by atoms with E-state index in [9.17, 15) is 14.7 Å². The number of aliphatic hydroxyl groups excluding tert-OH is 1. The van der Waals surface area contributed by atoms with E-state index >= 15 is 0 Å². The molecule has 1 aromatic carbocycles. The number of benzene rings is 1. The molecule has 0 saturated carbocycles. The van der Waals surface area contributed by atoms with E-state index in [1.165, 1.54) is 4.90 Å². The lowest BCUT2D eigenvalue weighted by molar-refractivity contribution is -0.162. The molecule has 1 N–H and O–H groups in total. The quantitative estimate of drug-likeness (QED) is 0.677. The second-order valence-corrected chi connectivity index (χ2v) is 5.66. The van der Waals surface area contributed by atoms with Crippen LogP contribution in [0.2, 0.25) is 0 Å². The maximum Gasteiger partial charge on any atom is 0.355 e. The summed E-state index contributed by atoms with van der Waals surface area (Å²) in [6.45, 7) is 3.62. The van der Waals surface area contributed by atoms with Crippen molar-refractivity contribution in [3.63, 3.8) is 0 Å². The molecule has 0 aliphatic carbocycles. The Labute approximate surface area is 129 Å². The highest BCUT2D eigenvalue weighted by Crippen LogP contribution is 2.47. The average Bonchev–Trinajstić information content (AvgIpc) is 2.83. The third-order valence-corrected chi connectivity index (χ3v) is 4.32. The Kier molecular flexibility index (Phi) is 3.74. The summed E-state index contributed by atoms with van der Waals surface area (Å²) in [6, 6.07) is 9.39. The topological polar surface area (TPSA) is 66.8 Å². The van der Waals surface area contributed by atoms with Crippen LogP contribution in [0.1, 0.15) is 25.8 Å². The summed E-state index contributed by atoms with van der Waals surface area (Å²) in [7, 11) is 0. The summed E-state index contributed by atoms with van der Waals surface area (Å²) in [4.78, 5) is 26.1. The molecule has 0 radical (unpaired) electrons. The molecule has 0 bridgehead atoms. The van der Waals surface area contributed by atoms with Gasteiger partial charge in [0.05, 0.1) is 24.7 Å². The van der Waals surface area contributed by atoms with Gasteiger partial charge in [-0.15, -0.1) is 0 Å². The molecule has 1 saturated heterocycles. The Bertz CT molecular complexity index is 635. The molecule has 5 heteroatoms. The van der Waals surface area contributed by atoms with Crippen molar-refractivity contribution in [3.05, 3.63) is 41.6 Å². The zero-order chi connectivity index (χ0) is 15.9. The Hall–Kier alpha value is -2.14. The van der Waals surface area contributed by atoms with E-state index in [-0.39, 0.29) is 18.6 Å². The number of carbonyl (C=O) groups is 2. The van der Waals surface area contributed by atoms with Gasteiger partial charge in [-0.1, -0.05) is 30.3 Å². The first kappa shape index (κ1) is 14.8. The monoisotopic (exact) mass is 301 g/mol. The van der Waals surface area contributed by atoms with Crippen LogP contribution in [0.4, 0.5) is 0 Å². The van der Waals surface area contributed by atoms with Gasteiger partial charge in [0.25, 0.3) is 0 Å². The Morgan fingerprint density at radius 3 is 2.68 bits per heavy atom. The first-order chi connectivity index (χ1) is 10.6. The lowest BCUT2D eigenvalue weighted by atomic mass is 9.82. The van der Waals surface area contributed by atoms with Crippen molar-refractivity contribution in [1.82, 2.24) is 4.90 Å². The van der Waals surface area contributed by atoms with Crippen LogP contribution in [0.25, 0.3) is 5.57 Å². The fraction of sp³-hybridized carbons (Fsp3) is 0.412. The van der Waals surface area contributed by atoms with Crippen molar-refractivity contribution in [2.75, 3.05) is 6.61 Å². The van der Waals surface area contributed by atoms with Gasteiger partial charge >= 0.3 is 5.97 Å². The first-order valence-corrected chi connectivity index (χ1v) is 7.53. The van der Waals surface area contributed by atoms with E-state index in [1.54, 1.807) is 13.8 Å². The fourth-order valence-electron chi connectivity index (χ4n) is 3.36. The number of esters is 1. The number of fused-ring (bicyclic) bond motifs is 1. The van der Waals surface area contributed by atoms with Crippen LogP contribution in [0.5, 0.6) is 0 Å². The second kappa shape index (κ2) is 5.57. The summed E-state index contributed by atoms with van der Waals surface area (Å²) in [5, 5.41) is 9.79. The number of β-lactam (4-membered cyclic amide) rings is 1. The summed E-state index contributed by atoms with van der Waals surface area (Å²) in [5.41, 5.74) is 2.07. The molecule has 0 unspecified atom stereocenters. The van der Waals surface area contributed by atoms with Gasteiger partial charge in [-0.05, 0) is 31.4 Å². The van der Waals surface area contributed by atoms with Crippen molar-refractivity contribution in [3.8, 4) is 0 Å². The van der Waals surface area contributed by atoms with Crippen molar-refractivity contribution >= 4 is 17.4 Å². The summed E-state index contributed by atoms with van der Waals surface area (Å²) < 4.78 is 5.12. The fourth-order valence-corrected chi connectivity index (χ4v) is 3.36. The number of hydrogen-bond donors (Lipinski definition) is 1. The van der Waals surface area contributed by atoms with Crippen molar-refractivity contribution in [2.24, 2.45) is 5.92 Å². The first-order valence-electron chi connectivity index (χ1n) is 7.53. The second-order valence-electron chi connectivity index (χ2n) is 5.66. The van der Waals surface area contributed by atoms with Crippen molar-refractivity contribution in [1.29, 1.82) is 0 Å². The van der Waals surface area contributed by atoms with Gasteiger partial charge in [-0.25, -0.2) is 4.79 Å². The van der Waals surface area contributed by atoms with E-state index in [4.69, 9.17) is 4.74 Å². The van der Waals surface area contributed by atoms with Crippen LogP contribution in [-0.2, 0) is 14.3 Å². The van der Waals surface area contributed by atoms with Crippen LogP contribution < -0.4 is 0 Å². The number of nitrogens with zero attached hydrogens (tertiary/aromatic N) is 1. The molecular weight excluding hydrogens is 282 g/mol. The lowest BCUT2D eigenvalue weighted by Gasteiger charge is -2.44. The molecule has 1 aromatic rings. The average molecular weight is 301 g/mol. The normalized spacial score (nSPS) is 24.9. The number of rotatable bonds is 4. The van der Waals surface area contributed by atoms with Gasteiger partial charge in [0, 0.05) is 0 Å². The predicted molar refractivity (Wildman–Crippen MR) is 80.4 cm³/mol. The highest BCUT2D eigenvalue weighted by Gasteiger charge is 2.56. The van der Waals surface area contributed by atoms with Crippen LogP contribution >= 0.6 is 0 Å². The smallest absolute Gasteiger partial charge is 0.355 e. The molecule has 1 fully saturated rings. The molecule has 0 spiro atoms. The third kappa shape index (κ3) is 2.13. The van der Waals surface area contributed by atoms with Crippen LogP contribution in [-0.4, -0.2) is 40.6 Å². The Morgan fingerprint density at radius 2 is 2.09 bits per heavy atom. The number of carbonyl (C=O) groups excluding carboxylic acids is 2. The summed E-state index contributed by atoms with van der Waals surface area (Å²) in [5.74, 6) is -1.11. The van der Waals surface area contributed by atoms with Crippen LogP contribution in [0.15, 0.2) is 36.0 Å². The molecule has 116 valence electrons. The molecule has 3 rings (SSSR count). The molecular formula is C17H19NO4. The lowest BCUT2D eigenvalue weighted by Crippen LogP contribution is -2.61. The molecule has 2 aliphatic heterocycles. The minimum Gasteiger partial charge on any atom is -0.461 e. The molecule has 22 heavy (non-hydrogen) atoms. The molecule has 1 amide bonds. The SMILES string of the molecule is CCOC(=O)C1=C(c2ccccc2)C[C@@H]2[C@@H]([C@@H](C)O)C(=O)N12. The standard InChI is InChI=1S/C17H19NO4/c1-3-22-17(21)15-12(11-7-5-4-6-8-11)9-13-14(10(2)19)16(20)18(13)15/h4-8,10,13-14,19H,3,9H2,1-2H3/t10-,13-,14-/m1/s1. The predicted octanol–water partition coefficient (Wildman–Crippen LogP) is 1.57. The largest absolute Gasteiger partial charge is 0.461 e. The number of hydrogen-bond acceptors (Lipinski definition) is 4. The van der Waals surface area contributed by atoms with E-state index in [2.05, 4.69) is 0 Å². The number of aliphatic hydroxyl groups is 1. The van der Waals surface area contributed by atoms with E-state index in [0.29, 0.717) is 12.1 Å². The van der Waals surface area contributed by atoms with Gasteiger partial charge in [0.2, 0.25) is 5.91 Å². The maximum atomic E-state index is 12.3. The van der Waals surface area contributed by atoms with Crippen molar-refractivity contribution in [2.45, 2.75) is 32.4 Å². The Morgan fingerprint density at radius 1 is 1.41 bits per heavy atom. The van der Waals surface area contributed by atoms with Gasteiger partial charge in [-0.3, -0.25) is 4.79 Å². The molecule has 5 nitrogen and oxygen atoms in total. The van der Waals surface area contributed by atoms with Gasteiger partial charge in [-0.2, -0.15) is 0 Å². The van der Waals surface area contributed by atoms with Gasteiger partial charge < -0.3 is 14.7 Å². The minimum absolute atomic E-state index is 0.151. The molecule has 3 atom stereocenters. The minimum atomic E-state index is -0.715. The van der Waals surface area contributed by atoms with E-state index < -0.39 is 18.0 Å². The molecule has 2 aliphatic rings. The summed E-state index contributed by atoms with van der Waals surface area (Å²) in [6.07, 6.45) is -0.147. The Balaban J connectivity index is 2.01. The highest BCUT2D eigenvalue weighted by atomic mass is 16.5. The van der Waals surface area contributed by atoms with Crippen LogP contribution in [0.3, 0.4) is 0 Å². The molecule has 0 aromatic heterocycles. The zero-order valence-electron chi connectivity index (χ0n) is 12.7. The molecule has 2 heterocycles. The van der Waals surface area contributed by atoms with E-state index in [1.807, 2.05) is 30.3 Å². The van der Waals surface area contributed by atoms with Gasteiger partial charge in [0.1, 0.15) is 5.70 Å². The van der Waals surface area contributed by atoms with Crippen LogP contribution in [0, 0.1) is 5.92 Å². The number of ether oxygens (including phenoxy) is 1. The maximum absolute atomic E-state index is 12.3.